The highest BCUT2D eigenvalue weighted by Gasteiger charge is 2.51. The summed E-state index contributed by atoms with van der Waals surface area (Å²) < 4.78 is 23.7. The van der Waals surface area contributed by atoms with Crippen LogP contribution in [0.25, 0.3) is 0 Å². The molecule has 0 bridgehead atoms. The summed E-state index contributed by atoms with van der Waals surface area (Å²) in [7, 11) is 0. The largest absolute Gasteiger partial charge is 0.394 e. The second kappa shape index (κ2) is 16.8. The minimum Gasteiger partial charge on any atom is -0.394 e. The zero-order valence-corrected chi connectivity index (χ0v) is 24.0. The van der Waals surface area contributed by atoms with Crippen molar-refractivity contribution >= 4 is 6.03 Å². The summed E-state index contributed by atoms with van der Waals surface area (Å²) in [5, 5.41) is 68.7. The minimum absolute atomic E-state index is 0.00512. The van der Waals surface area contributed by atoms with E-state index in [1.54, 1.807) is 0 Å². The van der Waals surface area contributed by atoms with Crippen molar-refractivity contribution in [3.05, 3.63) is 0 Å². The lowest BCUT2D eigenvalue weighted by molar-refractivity contribution is -0.316. The van der Waals surface area contributed by atoms with Crippen molar-refractivity contribution in [2.24, 2.45) is 28.7 Å². The number of carbonyl (C=O) groups is 1. The number of nitrogens with one attached hydrogen (secondary N) is 2. The first-order valence-corrected chi connectivity index (χ1v) is 14.5. The Morgan fingerprint density at radius 1 is 0.884 bits per heavy atom. The number of ether oxygens (including phenoxy) is 4. The fraction of sp³-hybridized carbons (Fsp3) is 0.958. The van der Waals surface area contributed by atoms with Crippen LogP contribution in [0, 0.1) is 0 Å². The van der Waals surface area contributed by atoms with Crippen LogP contribution in [0.3, 0.4) is 0 Å². The highest BCUT2D eigenvalue weighted by atomic mass is 16.7. The number of carbonyl (C=O) groups excluding carboxylic acids is 1. The van der Waals surface area contributed by atoms with Crippen molar-refractivity contribution in [1.29, 1.82) is 0 Å². The van der Waals surface area contributed by atoms with Crippen LogP contribution in [-0.2, 0) is 18.9 Å². The van der Waals surface area contributed by atoms with E-state index in [0.29, 0.717) is 24.6 Å². The summed E-state index contributed by atoms with van der Waals surface area (Å²) in [6, 6.07) is -4.71. The van der Waals surface area contributed by atoms with Gasteiger partial charge in [0.15, 0.2) is 12.6 Å². The highest BCUT2D eigenvalue weighted by Crippen LogP contribution is 2.32. The molecule has 0 unspecified atom stereocenters. The lowest BCUT2D eigenvalue weighted by atomic mass is 9.83. The van der Waals surface area contributed by atoms with E-state index in [1.807, 2.05) is 0 Å². The first kappa shape index (κ1) is 36.1. The maximum absolute atomic E-state index is 12.6. The zero-order chi connectivity index (χ0) is 31.8. The molecule has 3 fully saturated rings. The lowest BCUT2D eigenvalue weighted by Crippen LogP contribution is -2.69. The summed E-state index contributed by atoms with van der Waals surface area (Å²) in [5.74, 6) is 0. The molecule has 2 aliphatic heterocycles. The van der Waals surface area contributed by atoms with Gasteiger partial charge >= 0.3 is 6.03 Å². The van der Waals surface area contributed by atoms with E-state index in [1.165, 1.54) is 0 Å². The van der Waals surface area contributed by atoms with Crippen molar-refractivity contribution in [3.63, 3.8) is 0 Å². The van der Waals surface area contributed by atoms with Gasteiger partial charge in [-0.15, -0.1) is 0 Å². The van der Waals surface area contributed by atoms with E-state index >= 15 is 0 Å². The summed E-state index contributed by atoms with van der Waals surface area (Å²) in [4.78, 5) is 12.6. The molecule has 43 heavy (non-hydrogen) atoms. The molecule has 0 radical (unpaired) electrons. The minimum atomic E-state index is -1.59. The van der Waals surface area contributed by atoms with Gasteiger partial charge < -0.3 is 83.8 Å². The molecule has 2 saturated heterocycles. The molecular weight excluding hydrogens is 576 g/mol. The smallest absolute Gasteiger partial charge is 0.341 e. The third kappa shape index (κ3) is 8.88. The number of nitrogens with two attached hydrogens (primary N) is 5. The molecule has 18 N–H and O–H groups in total. The number of amides is 2. The van der Waals surface area contributed by atoms with Crippen LogP contribution in [0.15, 0.2) is 0 Å². The van der Waals surface area contributed by atoms with Crippen LogP contribution in [0.1, 0.15) is 19.3 Å². The first-order chi connectivity index (χ1) is 20.5. The molecule has 0 spiro atoms. The number of rotatable bonds is 13. The fourth-order valence-corrected chi connectivity index (χ4v) is 5.52. The number of urea groups is 1. The van der Waals surface area contributed by atoms with Gasteiger partial charge in [0.25, 0.3) is 0 Å². The van der Waals surface area contributed by atoms with Gasteiger partial charge in [-0.05, 0) is 32.4 Å². The molecule has 14 atom stereocenters. The first-order valence-electron chi connectivity index (χ1n) is 14.5. The number of aliphatic hydroxyl groups excluding tert-OH is 5. The van der Waals surface area contributed by atoms with Gasteiger partial charge in [0.2, 0.25) is 0 Å². The second-order valence-corrected chi connectivity index (χ2v) is 11.1. The van der Waals surface area contributed by atoms with Gasteiger partial charge in [-0.3, -0.25) is 5.21 Å². The maximum atomic E-state index is 12.6. The van der Waals surface area contributed by atoms with Crippen LogP contribution >= 0.6 is 0 Å². The number of hydrogen-bond acceptors (Lipinski definition) is 17. The van der Waals surface area contributed by atoms with Crippen LogP contribution in [0.5, 0.6) is 0 Å². The number of hydroxylamine groups is 2. The summed E-state index contributed by atoms with van der Waals surface area (Å²) in [6.45, 7) is 0.0745. The summed E-state index contributed by atoms with van der Waals surface area (Å²) >= 11 is 0. The molecule has 252 valence electrons. The Kier molecular flexibility index (Phi) is 14.1. The average Bonchev–Trinajstić information content (AvgIpc) is 2.98. The van der Waals surface area contributed by atoms with E-state index in [9.17, 15) is 35.5 Å². The Bertz CT molecular complexity index is 853. The molecule has 3 rings (SSSR count). The highest BCUT2D eigenvalue weighted by molar-refractivity contribution is 5.73. The Balaban J connectivity index is 1.85. The molecule has 1 aliphatic carbocycles. The molecule has 0 aromatic carbocycles. The second-order valence-electron chi connectivity index (χ2n) is 11.1. The maximum Gasteiger partial charge on any atom is 0.341 e. The van der Waals surface area contributed by atoms with Crippen molar-refractivity contribution in [2.45, 2.75) is 105 Å². The average molecular weight is 627 g/mol. The topological polar surface area (TPSA) is 333 Å². The molecule has 0 aromatic rings. The van der Waals surface area contributed by atoms with Crippen molar-refractivity contribution in [3.8, 4) is 0 Å². The van der Waals surface area contributed by atoms with Gasteiger partial charge in [0.1, 0.15) is 36.6 Å². The molecule has 1 saturated carbocycles. The summed E-state index contributed by atoms with van der Waals surface area (Å²) in [5.41, 5.74) is 29.2. The molecule has 3 aliphatic rings. The molecule has 19 heteroatoms. The number of nitrogens with zero attached hydrogens (tertiary/aromatic N) is 1. The van der Waals surface area contributed by atoms with Crippen molar-refractivity contribution < 1.29 is 54.5 Å². The van der Waals surface area contributed by atoms with Gasteiger partial charge in [-0.1, -0.05) is 0 Å². The van der Waals surface area contributed by atoms with E-state index < -0.39 is 98.2 Å². The molecule has 19 nitrogen and oxygen atoms in total. The monoisotopic (exact) mass is 626 g/mol. The van der Waals surface area contributed by atoms with Gasteiger partial charge in [-0.25, -0.2) is 9.86 Å². The predicted octanol–water partition coefficient (Wildman–Crippen LogP) is -6.92. The van der Waals surface area contributed by atoms with E-state index in [0.717, 1.165) is 0 Å². The molecule has 2 amide bonds. The van der Waals surface area contributed by atoms with E-state index in [4.69, 9.17) is 47.6 Å². The van der Waals surface area contributed by atoms with E-state index in [-0.39, 0.29) is 32.5 Å². The zero-order valence-electron chi connectivity index (χ0n) is 24.0. The Morgan fingerprint density at radius 3 is 2.19 bits per heavy atom. The van der Waals surface area contributed by atoms with Gasteiger partial charge in [0.05, 0.1) is 43.5 Å². The molecular formula is C24H50N8O11. The van der Waals surface area contributed by atoms with Crippen LogP contribution in [-0.4, -0.2) is 167 Å². The normalized spacial score (nSPS) is 42.0. The van der Waals surface area contributed by atoms with Crippen LogP contribution in [0.2, 0.25) is 0 Å². The number of aliphatic hydroxyl groups is 5. The molecule has 0 aromatic heterocycles. The van der Waals surface area contributed by atoms with Crippen molar-refractivity contribution in [2.75, 3.05) is 39.3 Å². The van der Waals surface area contributed by atoms with Gasteiger partial charge in [0, 0.05) is 19.1 Å². The Morgan fingerprint density at radius 2 is 1.56 bits per heavy atom. The Labute approximate surface area is 249 Å². The predicted molar refractivity (Wildman–Crippen MR) is 148 cm³/mol. The van der Waals surface area contributed by atoms with Gasteiger partial charge in [-0.2, -0.15) is 0 Å². The number of hydrogen-bond donors (Lipinski definition) is 13. The third-order valence-electron chi connectivity index (χ3n) is 8.00. The molecule has 2 heterocycles. The Hall–Kier alpha value is -1.37. The third-order valence-corrected chi connectivity index (χ3v) is 8.00. The van der Waals surface area contributed by atoms with Crippen LogP contribution in [0.4, 0.5) is 4.79 Å². The quantitative estimate of drug-likeness (QED) is 0.0513. The lowest BCUT2D eigenvalue weighted by Gasteiger charge is -2.49. The van der Waals surface area contributed by atoms with E-state index in [2.05, 4.69) is 10.6 Å². The fourth-order valence-electron chi connectivity index (χ4n) is 5.52. The SMILES string of the molecule is NCCCN[C@@H]1C[C@H](O)[C@@H](CN)O[C@@H]1O[C@H]1[C@H](O)[C@@H](O[C@H]2O[C@H](CO)[C@@H](O)[C@H](N)[C@H]2O)[C@H](NC(=O)N(O)CCN)C[C@@H]1N. The van der Waals surface area contributed by atoms with Crippen molar-refractivity contribution in [1.82, 2.24) is 15.7 Å². The summed E-state index contributed by atoms with van der Waals surface area (Å²) in [6.07, 6.45) is -11.7. The van der Waals surface area contributed by atoms with Crippen LogP contribution < -0.4 is 39.3 Å². The standard InChI is InChI=1S/C24H50N8O11/c25-2-1-4-30-12-7-13(34)14(8-27)40-22(12)42-20-10(28)6-11(31-24(38)32(39)5-3-26)21(19(20)37)43-23-18(36)16(29)17(35)15(9-33)41-23/h10-23,30,33-37,39H,1-9,25-29H2,(H,31,38)/t10-,11+,12+,13-,14+,15+,16-,17+,18+,19-,20+,21-,22+,23+/m0/s1.